The molecule has 112 heavy (non-hydrogen) atoms. The number of allylic oxidation sites excluding steroid dienone is 30. The number of esters is 4. The van der Waals surface area contributed by atoms with Gasteiger partial charge in [-0.15, -0.1) is 0 Å². The summed E-state index contributed by atoms with van der Waals surface area (Å²) >= 11 is 0. The van der Waals surface area contributed by atoms with Crippen LogP contribution >= 0.6 is 15.6 Å². The van der Waals surface area contributed by atoms with Gasteiger partial charge >= 0.3 is 39.5 Å². The fourth-order valence-electron chi connectivity index (χ4n) is 10.9. The van der Waals surface area contributed by atoms with Gasteiger partial charge in [0.25, 0.3) is 0 Å². The number of aliphatic hydroxyl groups is 1. The predicted octanol–water partition coefficient (Wildman–Crippen LogP) is 25.9. The second kappa shape index (κ2) is 83.1. The Morgan fingerprint density at radius 1 is 0.259 bits per heavy atom. The van der Waals surface area contributed by atoms with Crippen LogP contribution in [0, 0.1) is 0 Å². The third-order valence-electron chi connectivity index (χ3n) is 17.4. The Labute approximate surface area is 679 Å². The molecule has 0 heterocycles. The molecule has 0 aromatic rings. The number of unbranched alkanes of at least 4 members (excludes halogenated alkanes) is 23. The number of phosphoric acid groups is 2. The van der Waals surface area contributed by atoms with Gasteiger partial charge in [-0.25, -0.2) is 9.13 Å². The van der Waals surface area contributed by atoms with E-state index in [1.54, 1.807) is 0 Å². The van der Waals surface area contributed by atoms with Gasteiger partial charge in [-0.1, -0.05) is 332 Å². The Bertz CT molecular complexity index is 2840. The highest BCUT2D eigenvalue weighted by atomic mass is 31.2. The van der Waals surface area contributed by atoms with Crippen LogP contribution < -0.4 is 0 Å². The van der Waals surface area contributed by atoms with Crippen LogP contribution in [0.15, 0.2) is 182 Å². The monoisotopic (exact) mass is 1600 g/mol. The number of hydrogen-bond donors (Lipinski definition) is 3. The maximum Gasteiger partial charge on any atom is 0.472 e. The lowest BCUT2D eigenvalue weighted by Gasteiger charge is -2.21. The predicted molar refractivity (Wildman–Crippen MR) is 463 cm³/mol. The Morgan fingerprint density at radius 3 is 0.768 bits per heavy atom. The zero-order valence-corrected chi connectivity index (χ0v) is 71.6. The molecule has 0 saturated carbocycles. The van der Waals surface area contributed by atoms with Crippen LogP contribution in [0.1, 0.15) is 323 Å². The molecule has 0 aromatic carbocycles. The molecule has 3 N–H and O–H groups in total. The smallest absolute Gasteiger partial charge is 0.462 e. The summed E-state index contributed by atoms with van der Waals surface area (Å²) in [5.74, 6) is -2.41. The van der Waals surface area contributed by atoms with Crippen LogP contribution in [0.5, 0.6) is 0 Å². The van der Waals surface area contributed by atoms with Crippen LogP contribution in [0.3, 0.4) is 0 Å². The number of ether oxygens (including phenoxy) is 4. The van der Waals surface area contributed by atoms with Gasteiger partial charge < -0.3 is 33.8 Å². The second-order valence-electron chi connectivity index (χ2n) is 28.0. The highest BCUT2D eigenvalue weighted by molar-refractivity contribution is 7.47. The summed E-state index contributed by atoms with van der Waals surface area (Å²) in [5.41, 5.74) is 0. The first-order valence-electron chi connectivity index (χ1n) is 43.0. The summed E-state index contributed by atoms with van der Waals surface area (Å²) in [6.07, 6.45) is 102. The lowest BCUT2D eigenvalue weighted by atomic mass is 10.0. The van der Waals surface area contributed by atoms with E-state index in [9.17, 15) is 43.2 Å². The molecule has 0 rings (SSSR count). The third kappa shape index (κ3) is 82.2. The van der Waals surface area contributed by atoms with Crippen LogP contribution in [0.2, 0.25) is 0 Å². The number of aliphatic hydroxyl groups excluding tert-OH is 1. The Kier molecular flexibility index (Phi) is 78.8. The van der Waals surface area contributed by atoms with E-state index in [1.807, 2.05) is 36.5 Å². The van der Waals surface area contributed by atoms with Gasteiger partial charge in [0.2, 0.25) is 0 Å². The molecule has 19 heteroatoms. The molecule has 0 aliphatic rings. The largest absolute Gasteiger partial charge is 0.472 e. The molecule has 0 amide bonds. The molecule has 17 nitrogen and oxygen atoms in total. The van der Waals surface area contributed by atoms with Crippen LogP contribution in [0.25, 0.3) is 0 Å². The van der Waals surface area contributed by atoms with Crippen molar-refractivity contribution in [3.05, 3.63) is 182 Å². The van der Waals surface area contributed by atoms with Crippen LogP contribution in [-0.4, -0.2) is 96.7 Å². The van der Waals surface area contributed by atoms with Gasteiger partial charge in [-0.2, -0.15) is 0 Å². The topological polar surface area (TPSA) is 237 Å². The van der Waals surface area contributed by atoms with Crippen molar-refractivity contribution in [3.8, 4) is 0 Å². The van der Waals surface area contributed by atoms with Crippen molar-refractivity contribution < 1.29 is 80.2 Å². The normalized spacial score (nSPS) is 14.7. The molecule has 0 aliphatic carbocycles. The van der Waals surface area contributed by atoms with Crippen LogP contribution in [-0.2, 0) is 65.4 Å². The van der Waals surface area contributed by atoms with E-state index in [2.05, 4.69) is 174 Å². The van der Waals surface area contributed by atoms with Crippen LogP contribution in [0.4, 0.5) is 0 Å². The van der Waals surface area contributed by atoms with Gasteiger partial charge in [0.1, 0.15) is 19.3 Å². The van der Waals surface area contributed by atoms with E-state index in [0.717, 1.165) is 128 Å². The van der Waals surface area contributed by atoms with E-state index in [4.69, 9.17) is 37.0 Å². The first-order chi connectivity index (χ1) is 54.7. The molecule has 0 radical (unpaired) electrons. The van der Waals surface area contributed by atoms with E-state index in [1.165, 1.54) is 103 Å². The van der Waals surface area contributed by atoms with Crippen molar-refractivity contribution in [2.45, 2.75) is 341 Å². The first-order valence-corrected chi connectivity index (χ1v) is 46.0. The molecule has 5 atom stereocenters. The first kappa shape index (κ1) is 106. The number of phosphoric ester groups is 2. The number of hydrogen-bond acceptors (Lipinski definition) is 15. The number of rotatable bonds is 79. The van der Waals surface area contributed by atoms with Gasteiger partial charge in [-0.3, -0.25) is 37.3 Å². The van der Waals surface area contributed by atoms with E-state index >= 15 is 0 Å². The van der Waals surface area contributed by atoms with Gasteiger partial charge in [0.15, 0.2) is 12.2 Å². The van der Waals surface area contributed by atoms with E-state index in [0.29, 0.717) is 38.5 Å². The fourth-order valence-corrected chi connectivity index (χ4v) is 12.4. The van der Waals surface area contributed by atoms with Gasteiger partial charge in [0.05, 0.1) is 26.4 Å². The highest BCUT2D eigenvalue weighted by Crippen LogP contribution is 2.45. The summed E-state index contributed by atoms with van der Waals surface area (Å²) in [4.78, 5) is 73.2. The molecular formula is C93H152O17P2. The average molecular weight is 1600 g/mol. The van der Waals surface area contributed by atoms with Crippen molar-refractivity contribution in [2.75, 3.05) is 39.6 Å². The summed E-state index contributed by atoms with van der Waals surface area (Å²) < 4.78 is 68.6. The molecule has 0 fully saturated rings. The number of carbonyl (C=O) groups excluding carboxylic acids is 4. The average Bonchev–Trinajstić information content (AvgIpc) is 0.908. The third-order valence-corrected chi connectivity index (χ3v) is 19.3. The minimum Gasteiger partial charge on any atom is -0.462 e. The molecule has 0 spiro atoms. The van der Waals surface area contributed by atoms with Crippen molar-refractivity contribution in [1.29, 1.82) is 0 Å². The molecule has 0 saturated heterocycles. The molecule has 0 aromatic heterocycles. The van der Waals surface area contributed by atoms with E-state index < -0.39 is 97.5 Å². The summed E-state index contributed by atoms with van der Waals surface area (Å²) in [7, 11) is -10.0. The zero-order valence-electron chi connectivity index (χ0n) is 69.8. The molecule has 0 aliphatic heterocycles. The standard InChI is InChI=1S/C93H152O17P2/c1-5-9-13-17-21-25-29-33-37-40-43-46-50-54-58-62-66-70-74-78-91(96)104-84-89(110-93(98)80-76-72-68-64-60-56-52-48-45-42-39-35-31-27-23-19-15-11-7-3)86-108-112(101,102)106-82-87(94)81-105-111(99,100)107-85-88(83-103-90(95)77-73-69-65-61-57-53-49-36-32-28-24-20-16-12-8-4)109-92(97)79-75-71-67-63-59-55-51-47-44-41-38-34-30-26-22-18-14-10-6-2/h9,13,21-23,25-27,33-35,37-39,43-48,54-56,58-60,67-68,71-72,87-89,94H,5-8,10-12,14-20,24,28-32,36,40-42,49-53,57,61-66,69-70,73-86H2,1-4H3,(H,99,100)(H,101,102)/b13-9-,25-21-,26-22-,27-23-,37-33-,38-34-,39-35-,46-43-,47-44-,48-45-,58-54-,59-55-,60-56-,71-67-,72-68-/t87-,88+,89+/m0/s1. The Morgan fingerprint density at radius 2 is 0.482 bits per heavy atom. The highest BCUT2D eigenvalue weighted by Gasteiger charge is 2.30. The lowest BCUT2D eigenvalue weighted by molar-refractivity contribution is -0.161. The van der Waals surface area contributed by atoms with Gasteiger partial charge in [0, 0.05) is 25.7 Å². The maximum absolute atomic E-state index is 13.1. The van der Waals surface area contributed by atoms with Crippen molar-refractivity contribution in [2.24, 2.45) is 0 Å². The fraction of sp³-hybridized carbons (Fsp3) is 0.634. The molecule has 0 bridgehead atoms. The SMILES string of the molecule is CC/C=C\C/C=C\C/C=C\C/C=C\C/C=C\CCCCCC(=O)OC[C@H](COP(=O)(O)OC[C@@H](O)COP(=O)(O)OC[C@@H](COC(=O)CCCCCCCCCCCCCCCCC)OC(=O)CC/C=C\C/C=C\C/C=C\C/C=C\C/C=C\CCCCC)OC(=O)CC/C=C\C/C=C\C/C=C\C/C=C\C/C=C\CCCCC. The summed E-state index contributed by atoms with van der Waals surface area (Å²) in [6, 6.07) is 0. The summed E-state index contributed by atoms with van der Waals surface area (Å²) in [5, 5.41) is 10.7. The van der Waals surface area contributed by atoms with Crippen molar-refractivity contribution >= 4 is 39.5 Å². The Balaban J connectivity index is 5.56. The minimum atomic E-state index is -5.02. The van der Waals surface area contributed by atoms with Gasteiger partial charge in [-0.05, 0) is 148 Å². The minimum absolute atomic E-state index is 0.0351. The number of carbonyl (C=O) groups is 4. The molecule has 636 valence electrons. The summed E-state index contributed by atoms with van der Waals surface area (Å²) in [6.45, 7) is 4.51. The van der Waals surface area contributed by atoms with Crippen molar-refractivity contribution in [1.82, 2.24) is 0 Å². The van der Waals surface area contributed by atoms with E-state index in [-0.39, 0.29) is 25.7 Å². The lowest BCUT2D eigenvalue weighted by Crippen LogP contribution is -2.30. The molecular weight excluding hydrogens is 1450 g/mol. The van der Waals surface area contributed by atoms with Crippen molar-refractivity contribution in [3.63, 3.8) is 0 Å². The molecule has 2 unspecified atom stereocenters. The second-order valence-corrected chi connectivity index (χ2v) is 30.9. The quantitative estimate of drug-likeness (QED) is 0.0169. The maximum atomic E-state index is 13.1. The Hall–Kier alpha value is -5.84. The zero-order chi connectivity index (χ0) is 81.7.